The van der Waals surface area contributed by atoms with Crippen LogP contribution in [0.4, 0.5) is 0 Å². The van der Waals surface area contributed by atoms with E-state index in [0.717, 1.165) is 6.42 Å². The summed E-state index contributed by atoms with van der Waals surface area (Å²) in [5.74, 6) is -0.109. The first-order valence-corrected chi connectivity index (χ1v) is 5.64. The summed E-state index contributed by atoms with van der Waals surface area (Å²) in [6.07, 6.45) is 1.99. The number of halogens is 1. The number of piperidine rings is 1. The van der Waals surface area contributed by atoms with Crippen LogP contribution >= 0.6 is 11.6 Å². The summed E-state index contributed by atoms with van der Waals surface area (Å²) in [7, 11) is 0. The largest absolute Gasteiger partial charge is 0.346 e. The third-order valence-corrected chi connectivity index (χ3v) is 2.89. The van der Waals surface area contributed by atoms with Crippen LogP contribution in [0.1, 0.15) is 29.6 Å². The molecule has 1 N–H and O–H groups in total. The van der Waals surface area contributed by atoms with Crippen molar-refractivity contribution in [2.24, 2.45) is 0 Å². The van der Waals surface area contributed by atoms with Gasteiger partial charge in [-0.25, -0.2) is 0 Å². The minimum absolute atomic E-state index is 0.0494. The number of ketones is 1. The maximum Gasteiger partial charge on any atom is 0.220 e. The Kier molecular flexibility index (Phi) is 3.25. The zero-order chi connectivity index (χ0) is 11.5. The second-order valence-electron chi connectivity index (χ2n) is 3.89. The Bertz CT molecular complexity index is 431. The Labute approximate surface area is 98.8 Å². The van der Waals surface area contributed by atoms with E-state index in [-0.39, 0.29) is 17.7 Å². The van der Waals surface area contributed by atoms with E-state index in [9.17, 15) is 9.59 Å². The van der Waals surface area contributed by atoms with E-state index >= 15 is 0 Å². The fourth-order valence-electron chi connectivity index (χ4n) is 1.84. The van der Waals surface area contributed by atoms with Gasteiger partial charge >= 0.3 is 0 Å². The second kappa shape index (κ2) is 4.66. The SMILES string of the molecule is O=C1CCCC(C(=O)c2cccc(Cl)c2)N1. The van der Waals surface area contributed by atoms with Crippen LogP contribution in [0.3, 0.4) is 0 Å². The topological polar surface area (TPSA) is 46.2 Å². The fraction of sp³-hybridized carbons (Fsp3) is 0.333. The van der Waals surface area contributed by atoms with Crippen molar-refractivity contribution in [3.05, 3.63) is 34.9 Å². The number of carbonyl (C=O) groups is 2. The molecule has 1 saturated heterocycles. The Hall–Kier alpha value is -1.35. The van der Waals surface area contributed by atoms with Crippen LogP contribution in [-0.4, -0.2) is 17.7 Å². The molecule has 0 saturated carbocycles. The van der Waals surface area contributed by atoms with Gasteiger partial charge in [0.25, 0.3) is 0 Å². The van der Waals surface area contributed by atoms with Gasteiger partial charge < -0.3 is 5.32 Å². The Morgan fingerprint density at radius 1 is 1.44 bits per heavy atom. The van der Waals surface area contributed by atoms with Gasteiger partial charge in [-0.15, -0.1) is 0 Å². The molecule has 2 rings (SSSR count). The molecule has 1 aliphatic rings. The van der Waals surface area contributed by atoms with E-state index in [1.54, 1.807) is 24.3 Å². The Morgan fingerprint density at radius 3 is 2.94 bits per heavy atom. The quantitative estimate of drug-likeness (QED) is 0.802. The van der Waals surface area contributed by atoms with Crippen molar-refractivity contribution in [3.8, 4) is 0 Å². The van der Waals surface area contributed by atoms with E-state index in [2.05, 4.69) is 5.32 Å². The summed E-state index contributed by atoms with van der Waals surface area (Å²) in [6.45, 7) is 0. The molecule has 1 aromatic rings. The molecule has 1 aromatic carbocycles. The van der Waals surface area contributed by atoms with Crippen LogP contribution in [0, 0.1) is 0 Å². The molecule has 0 aromatic heterocycles. The summed E-state index contributed by atoms with van der Waals surface area (Å²) in [5, 5.41) is 3.24. The van der Waals surface area contributed by atoms with E-state index < -0.39 is 0 Å². The average molecular weight is 238 g/mol. The first kappa shape index (κ1) is 11.1. The number of rotatable bonds is 2. The van der Waals surface area contributed by atoms with E-state index in [1.807, 2.05) is 0 Å². The highest BCUT2D eigenvalue weighted by Crippen LogP contribution is 2.16. The summed E-state index contributed by atoms with van der Waals surface area (Å²) in [6, 6.07) is 6.41. The zero-order valence-electron chi connectivity index (χ0n) is 8.70. The lowest BCUT2D eigenvalue weighted by atomic mass is 9.96. The van der Waals surface area contributed by atoms with Crippen LogP contribution in [0.25, 0.3) is 0 Å². The summed E-state index contributed by atoms with van der Waals surface area (Å²) < 4.78 is 0. The molecule has 4 heteroatoms. The van der Waals surface area contributed by atoms with Crippen molar-refractivity contribution >= 4 is 23.3 Å². The van der Waals surface area contributed by atoms with Crippen molar-refractivity contribution < 1.29 is 9.59 Å². The molecule has 1 amide bonds. The van der Waals surface area contributed by atoms with Crippen LogP contribution in [0.2, 0.25) is 5.02 Å². The van der Waals surface area contributed by atoms with Gasteiger partial charge in [0.05, 0.1) is 6.04 Å². The predicted molar refractivity (Wildman–Crippen MR) is 61.6 cm³/mol. The van der Waals surface area contributed by atoms with Crippen molar-refractivity contribution in [2.75, 3.05) is 0 Å². The average Bonchev–Trinajstić information content (AvgIpc) is 2.28. The standard InChI is InChI=1S/C12H12ClNO2/c13-9-4-1-3-8(7-9)12(16)10-5-2-6-11(15)14-10/h1,3-4,7,10H,2,5-6H2,(H,14,15). The molecule has 0 bridgehead atoms. The molecule has 16 heavy (non-hydrogen) atoms. The number of nitrogens with one attached hydrogen (secondary N) is 1. The maximum atomic E-state index is 12.0. The lowest BCUT2D eigenvalue weighted by Gasteiger charge is -2.21. The number of hydrogen-bond donors (Lipinski definition) is 1. The molecule has 0 aliphatic carbocycles. The molecular weight excluding hydrogens is 226 g/mol. The number of benzene rings is 1. The highest BCUT2D eigenvalue weighted by Gasteiger charge is 2.25. The number of Topliss-reactive ketones (excluding diaryl/α,β-unsaturated/α-hetero) is 1. The van der Waals surface area contributed by atoms with Gasteiger partial charge in [-0.1, -0.05) is 23.7 Å². The molecular formula is C12H12ClNO2. The number of carbonyl (C=O) groups excluding carboxylic acids is 2. The van der Waals surface area contributed by atoms with Gasteiger partial charge in [0.2, 0.25) is 5.91 Å². The van der Waals surface area contributed by atoms with Crippen molar-refractivity contribution in [1.29, 1.82) is 0 Å². The molecule has 3 nitrogen and oxygen atoms in total. The van der Waals surface area contributed by atoms with Crippen molar-refractivity contribution in [3.63, 3.8) is 0 Å². The van der Waals surface area contributed by atoms with Crippen molar-refractivity contribution in [2.45, 2.75) is 25.3 Å². The smallest absolute Gasteiger partial charge is 0.220 e. The second-order valence-corrected chi connectivity index (χ2v) is 4.32. The van der Waals surface area contributed by atoms with Gasteiger partial charge in [0.1, 0.15) is 0 Å². The predicted octanol–water partition coefficient (Wildman–Crippen LogP) is 2.19. The van der Waals surface area contributed by atoms with Crippen LogP contribution in [0.15, 0.2) is 24.3 Å². The third-order valence-electron chi connectivity index (χ3n) is 2.66. The van der Waals surface area contributed by atoms with E-state index in [4.69, 9.17) is 11.6 Å². The Morgan fingerprint density at radius 2 is 2.25 bits per heavy atom. The monoisotopic (exact) mass is 237 g/mol. The lowest BCUT2D eigenvalue weighted by Crippen LogP contribution is -2.43. The maximum absolute atomic E-state index is 12.0. The highest BCUT2D eigenvalue weighted by atomic mass is 35.5. The highest BCUT2D eigenvalue weighted by molar-refractivity contribution is 6.31. The van der Waals surface area contributed by atoms with Gasteiger partial charge in [-0.3, -0.25) is 9.59 Å². The molecule has 1 atom stereocenters. The molecule has 1 aliphatic heterocycles. The minimum atomic E-state index is -0.389. The first-order valence-electron chi connectivity index (χ1n) is 5.26. The summed E-state index contributed by atoms with van der Waals surface area (Å²) >= 11 is 5.82. The number of amides is 1. The summed E-state index contributed by atoms with van der Waals surface area (Å²) in [5.41, 5.74) is 0.555. The fourth-order valence-corrected chi connectivity index (χ4v) is 2.04. The van der Waals surface area contributed by atoms with Gasteiger partial charge in [-0.2, -0.15) is 0 Å². The minimum Gasteiger partial charge on any atom is -0.346 e. The van der Waals surface area contributed by atoms with Gasteiger partial charge in [-0.05, 0) is 25.0 Å². The molecule has 1 heterocycles. The molecule has 0 spiro atoms. The lowest BCUT2D eigenvalue weighted by molar-refractivity contribution is -0.122. The van der Waals surface area contributed by atoms with Gasteiger partial charge in [0.15, 0.2) is 5.78 Å². The Balaban J connectivity index is 2.15. The van der Waals surface area contributed by atoms with Crippen LogP contribution in [0.5, 0.6) is 0 Å². The first-order chi connectivity index (χ1) is 7.66. The third kappa shape index (κ3) is 2.42. The van der Waals surface area contributed by atoms with E-state index in [0.29, 0.717) is 23.4 Å². The van der Waals surface area contributed by atoms with Gasteiger partial charge in [0, 0.05) is 17.0 Å². The van der Waals surface area contributed by atoms with E-state index in [1.165, 1.54) is 0 Å². The van der Waals surface area contributed by atoms with Crippen LogP contribution < -0.4 is 5.32 Å². The van der Waals surface area contributed by atoms with Crippen LogP contribution in [-0.2, 0) is 4.79 Å². The molecule has 1 fully saturated rings. The molecule has 84 valence electrons. The molecule has 0 radical (unpaired) electrons. The van der Waals surface area contributed by atoms with Crippen molar-refractivity contribution in [1.82, 2.24) is 5.32 Å². The normalized spacial score (nSPS) is 20.3. The number of hydrogen-bond acceptors (Lipinski definition) is 2. The summed E-state index contributed by atoms with van der Waals surface area (Å²) in [4.78, 5) is 23.2. The zero-order valence-corrected chi connectivity index (χ0v) is 9.46. The molecule has 1 unspecified atom stereocenters.